The summed E-state index contributed by atoms with van der Waals surface area (Å²) in [6.07, 6.45) is 1.69. The van der Waals surface area contributed by atoms with E-state index < -0.39 is 5.97 Å². The van der Waals surface area contributed by atoms with Gasteiger partial charge in [-0.25, -0.2) is 4.99 Å². The lowest BCUT2D eigenvalue weighted by Crippen LogP contribution is -2.04. The van der Waals surface area contributed by atoms with Crippen LogP contribution in [0.15, 0.2) is 57.6 Å². The van der Waals surface area contributed by atoms with Crippen molar-refractivity contribution in [3.63, 3.8) is 0 Å². The largest absolute Gasteiger partial charge is 0.493 e. The molecule has 0 fully saturated rings. The van der Waals surface area contributed by atoms with Gasteiger partial charge in [0.05, 0.1) is 11.6 Å². The van der Waals surface area contributed by atoms with E-state index in [0.29, 0.717) is 27.2 Å². The summed E-state index contributed by atoms with van der Waals surface area (Å²) < 4.78 is 11.7. The van der Waals surface area contributed by atoms with Gasteiger partial charge >= 0.3 is 5.97 Å². The second-order valence-corrected chi connectivity index (χ2v) is 8.74. The van der Waals surface area contributed by atoms with Gasteiger partial charge in [-0.2, -0.15) is 0 Å². The molecular formula is C20H16BrNO4S2. The molecule has 0 bridgehead atoms. The fourth-order valence-corrected chi connectivity index (χ4v) is 4.73. The fraction of sp³-hybridized carbons (Fsp3) is 0.150. The number of benzene rings is 2. The van der Waals surface area contributed by atoms with Gasteiger partial charge in [0.25, 0.3) is 0 Å². The topological polar surface area (TPSA) is 65.0 Å². The molecule has 0 spiro atoms. The molecule has 1 heterocycles. The molecule has 1 aliphatic heterocycles. The third-order valence-electron chi connectivity index (χ3n) is 3.61. The standard InChI is InChI=1S/C20H16BrNO4S2/c1-12(23)26-18-15(21)8-14(10-17(18)25-2)9-16-19(24)28-20(22-16)27-11-13-6-4-3-5-7-13/h3-10H,11H2,1-2H3/b16-9-. The van der Waals surface area contributed by atoms with Crippen molar-refractivity contribution in [1.29, 1.82) is 0 Å². The fourth-order valence-electron chi connectivity index (χ4n) is 2.39. The van der Waals surface area contributed by atoms with Gasteiger partial charge in [-0.3, -0.25) is 9.59 Å². The van der Waals surface area contributed by atoms with Gasteiger partial charge in [-0.15, -0.1) is 0 Å². The Morgan fingerprint density at radius 1 is 1.29 bits per heavy atom. The molecule has 8 heteroatoms. The zero-order valence-corrected chi connectivity index (χ0v) is 18.3. The number of carbonyl (C=O) groups excluding carboxylic acids is 2. The molecule has 144 valence electrons. The molecule has 0 radical (unpaired) electrons. The average molecular weight is 478 g/mol. The third kappa shape index (κ3) is 5.27. The molecule has 2 aromatic carbocycles. The van der Waals surface area contributed by atoms with E-state index >= 15 is 0 Å². The van der Waals surface area contributed by atoms with Crippen LogP contribution in [0.4, 0.5) is 0 Å². The molecule has 0 aliphatic carbocycles. The second-order valence-electron chi connectivity index (χ2n) is 5.70. The monoisotopic (exact) mass is 477 g/mol. The van der Waals surface area contributed by atoms with Crippen LogP contribution in [0.3, 0.4) is 0 Å². The number of rotatable bonds is 5. The normalized spacial score (nSPS) is 14.9. The Balaban J connectivity index is 1.80. The molecule has 0 unspecified atom stereocenters. The zero-order valence-electron chi connectivity index (χ0n) is 15.1. The molecule has 0 saturated heterocycles. The molecule has 0 N–H and O–H groups in total. The number of esters is 1. The Morgan fingerprint density at radius 2 is 2.04 bits per heavy atom. The number of carbonyl (C=O) groups is 2. The number of hydrogen-bond acceptors (Lipinski definition) is 7. The highest BCUT2D eigenvalue weighted by Crippen LogP contribution is 2.38. The smallest absolute Gasteiger partial charge is 0.308 e. The summed E-state index contributed by atoms with van der Waals surface area (Å²) in [4.78, 5) is 28.0. The lowest BCUT2D eigenvalue weighted by molar-refractivity contribution is -0.132. The van der Waals surface area contributed by atoms with Gasteiger partial charge in [-0.05, 0) is 57.0 Å². The van der Waals surface area contributed by atoms with E-state index in [1.165, 1.54) is 31.4 Å². The SMILES string of the molecule is COc1cc(/C=C2\N=C(SCc3ccccc3)SC2=O)cc(Br)c1OC(C)=O. The van der Waals surface area contributed by atoms with E-state index in [1.54, 1.807) is 18.2 Å². The Morgan fingerprint density at radius 3 is 2.71 bits per heavy atom. The molecule has 0 saturated carbocycles. The maximum atomic E-state index is 12.3. The molecule has 1 aliphatic rings. The molecular weight excluding hydrogens is 462 g/mol. The van der Waals surface area contributed by atoms with E-state index in [2.05, 4.69) is 20.9 Å². The van der Waals surface area contributed by atoms with Crippen molar-refractivity contribution in [2.24, 2.45) is 4.99 Å². The summed E-state index contributed by atoms with van der Waals surface area (Å²) in [6, 6.07) is 13.5. The highest BCUT2D eigenvalue weighted by atomic mass is 79.9. The summed E-state index contributed by atoms with van der Waals surface area (Å²) in [5.41, 5.74) is 2.26. The number of aliphatic imine (C=N–C) groups is 1. The summed E-state index contributed by atoms with van der Waals surface area (Å²) in [7, 11) is 1.48. The summed E-state index contributed by atoms with van der Waals surface area (Å²) in [6.45, 7) is 1.32. The first-order chi connectivity index (χ1) is 13.5. The maximum absolute atomic E-state index is 12.3. The summed E-state index contributed by atoms with van der Waals surface area (Å²) in [5.74, 6) is 0.991. The van der Waals surface area contributed by atoms with E-state index in [4.69, 9.17) is 9.47 Å². The Bertz CT molecular complexity index is 974. The van der Waals surface area contributed by atoms with E-state index in [-0.39, 0.29) is 5.12 Å². The average Bonchev–Trinajstić information content (AvgIpc) is 3.02. The molecule has 0 atom stereocenters. The van der Waals surface area contributed by atoms with Crippen LogP contribution in [0.2, 0.25) is 0 Å². The maximum Gasteiger partial charge on any atom is 0.308 e. The zero-order chi connectivity index (χ0) is 20.1. The first-order valence-corrected chi connectivity index (χ1v) is 10.8. The summed E-state index contributed by atoms with van der Waals surface area (Å²) >= 11 is 6.04. The van der Waals surface area contributed by atoms with Gasteiger partial charge in [0, 0.05) is 12.7 Å². The Kier molecular flexibility index (Phi) is 6.98. The van der Waals surface area contributed by atoms with Gasteiger partial charge in [0.2, 0.25) is 5.12 Å². The minimum Gasteiger partial charge on any atom is -0.493 e. The highest BCUT2D eigenvalue weighted by molar-refractivity contribution is 9.10. The van der Waals surface area contributed by atoms with Crippen LogP contribution in [0.1, 0.15) is 18.1 Å². The van der Waals surface area contributed by atoms with Gasteiger partial charge in [-0.1, -0.05) is 42.1 Å². The van der Waals surface area contributed by atoms with Crippen LogP contribution in [0.5, 0.6) is 11.5 Å². The van der Waals surface area contributed by atoms with Crippen molar-refractivity contribution in [2.75, 3.05) is 7.11 Å². The minimum absolute atomic E-state index is 0.102. The molecule has 0 aromatic heterocycles. The lowest BCUT2D eigenvalue weighted by atomic mass is 10.1. The van der Waals surface area contributed by atoms with Crippen molar-refractivity contribution in [3.05, 3.63) is 63.8 Å². The predicted molar refractivity (Wildman–Crippen MR) is 118 cm³/mol. The number of halogens is 1. The predicted octanol–water partition coefficient (Wildman–Crippen LogP) is 5.29. The van der Waals surface area contributed by atoms with Gasteiger partial charge < -0.3 is 9.47 Å². The molecule has 0 amide bonds. The molecule has 5 nitrogen and oxygen atoms in total. The first-order valence-electron chi connectivity index (χ1n) is 8.21. The van der Waals surface area contributed by atoms with Crippen LogP contribution < -0.4 is 9.47 Å². The van der Waals surface area contributed by atoms with Crippen molar-refractivity contribution in [3.8, 4) is 11.5 Å². The number of ether oxygens (including phenoxy) is 2. The second kappa shape index (κ2) is 9.45. The van der Waals surface area contributed by atoms with Crippen LogP contribution >= 0.6 is 39.5 Å². The molecule has 28 heavy (non-hydrogen) atoms. The van der Waals surface area contributed by atoms with Crippen LogP contribution in [0, 0.1) is 0 Å². The van der Waals surface area contributed by atoms with Crippen LogP contribution in [-0.2, 0) is 15.3 Å². The van der Waals surface area contributed by atoms with Gasteiger partial charge in [0.1, 0.15) is 10.1 Å². The van der Waals surface area contributed by atoms with Crippen LogP contribution in [-0.4, -0.2) is 22.6 Å². The highest BCUT2D eigenvalue weighted by Gasteiger charge is 2.23. The van der Waals surface area contributed by atoms with Crippen LogP contribution in [0.25, 0.3) is 6.08 Å². The Hall–Kier alpha value is -2.03. The lowest BCUT2D eigenvalue weighted by Gasteiger charge is -2.11. The minimum atomic E-state index is -0.447. The summed E-state index contributed by atoms with van der Waals surface area (Å²) in [5, 5.41) is -0.102. The van der Waals surface area contributed by atoms with Crippen molar-refractivity contribution in [2.45, 2.75) is 12.7 Å². The number of hydrogen-bond donors (Lipinski definition) is 0. The molecule has 3 rings (SSSR count). The number of methoxy groups -OCH3 is 1. The van der Waals surface area contributed by atoms with E-state index in [0.717, 1.165) is 21.9 Å². The quantitative estimate of drug-likeness (QED) is 0.331. The van der Waals surface area contributed by atoms with Gasteiger partial charge in [0.15, 0.2) is 11.5 Å². The third-order valence-corrected chi connectivity index (χ3v) is 6.28. The van der Waals surface area contributed by atoms with E-state index in [9.17, 15) is 9.59 Å². The van der Waals surface area contributed by atoms with Crippen molar-refractivity contribution in [1.82, 2.24) is 0 Å². The van der Waals surface area contributed by atoms with Crippen molar-refractivity contribution >= 4 is 61.0 Å². The first kappa shape index (κ1) is 20.7. The number of thioether (sulfide) groups is 2. The Labute approximate surface area is 179 Å². The number of nitrogens with zero attached hydrogens (tertiary/aromatic N) is 1. The molecule has 2 aromatic rings. The van der Waals surface area contributed by atoms with Crippen molar-refractivity contribution < 1.29 is 19.1 Å². The van der Waals surface area contributed by atoms with E-state index in [1.807, 2.05) is 30.3 Å².